The second kappa shape index (κ2) is 7.62. The van der Waals surface area contributed by atoms with Gasteiger partial charge in [-0.1, -0.05) is 26.7 Å². The molecule has 0 radical (unpaired) electrons. The highest BCUT2D eigenvalue weighted by molar-refractivity contribution is 5.67. The number of hydrogen-bond acceptors (Lipinski definition) is 6. The van der Waals surface area contributed by atoms with Crippen LogP contribution in [0.5, 0.6) is 0 Å². The molecule has 0 aromatic heterocycles. The maximum Gasteiger partial charge on any atom is 0.304 e. The van der Waals surface area contributed by atoms with Crippen LogP contribution in [0.25, 0.3) is 0 Å². The lowest BCUT2D eigenvalue weighted by Crippen LogP contribution is -2.45. The van der Waals surface area contributed by atoms with Crippen LogP contribution in [0.2, 0.25) is 0 Å². The number of ether oxygens (including phenoxy) is 2. The van der Waals surface area contributed by atoms with Gasteiger partial charge in [0.05, 0.1) is 0 Å². The Morgan fingerprint density at radius 2 is 1.17 bits per heavy atom. The van der Waals surface area contributed by atoms with E-state index in [1.807, 2.05) is 13.8 Å². The van der Waals surface area contributed by atoms with E-state index in [0.29, 0.717) is 12.8 Å². The molecule has 0 aliphatic heterocycles. The molecule has 0 amide bonds. The van der Waals surface area contributed by atoms with E-state index in [4.69, 9.17) is 9.47 Å². The molecule has 0 aromatic carbocycles. The van der Waals surface area contributed by atoms with Gasteiger partial charge in [0.25, 0.3) is 0 Å². The first-order valence-electron chi connectivity index (χ1n) is 9.13. The SMILES string of the molecule is CC(=O)OC1(N=NC2(OC(C)=O)CCCCC2C)CCCCC1C. The van der Waals surface area contributed by atoms with Crippen LogP contribution in [0.3, 0.4) is 0 Å². The van der Waals surface area contributed by atoms with Crippen molar-refractivity contribution in [3.05, 3.63) is 0 Å². The molecule has 2 aliphatic rings. The van der Waals surface area contributed by atoms with E-state index in [-0.39, 0.29) is 23.8 Å². The first kappa shape index (κ1) is 18.9. The summed E-state index contributed by atoms with van der Waals surface area (Å²) in [6.07, 6.45) is 7.34. The molecule has 2 saturated carbocycles. The number of rotatable bonds is 4. The van der Waals surface area contributed by atoms with Crippen LogP contribution in [0.4, 0.5) is 0 Å². The summed E-state index contributed by atoms with van der Waals surface area (Å²) in [7, 11) is 0. The fraction of sp³-hybridized carbons (Fsp3) is 0.889. The summed E-state index contributed by atoms with van der Waals surface area (Å²) in [5, 5.41) is 9.08. The molecule has 0 saturated heterocycles. The molecular weight excluding hydrogens is 308 g/mol. The summed E-state index contributed by atoms with van der Waals surface area (Å²) in [5.74, 6) is -0.485. The van der Waals surface area contributed by atoms with E-state index in [0.717, 1.165) is 38.5 Å². The second-order valence-electron chi connectivity index (χ2n) is 7.37. The molecule has 0 bridgehead atoms. The van der Waals surface area contributed by atoms with Gasteiger partial charge in [0.2, 0.25) is 11.4 Å². The summed E-state index contributed by atoms with van der Waals surface area (Å²) in [4.78, 5) is 23.3. The highest BCUT2D eigenvalue weighted by atomic mass is 16.6. The summed E-state index contributed by atoms with van der Waals surface area (Å²) < 4.78 is 11.3. The Morgan fingerprint density at radius 3 is 1.46 bits per heavy atom. The van der Waals surface area contributed by atoms with Crippen LogP contribution in [0, 0.1) is 11.8 Å². The van der Waals surface area contributed by atoms with Gasteiger partial charge in [-0.05, 0) is 25.7 Å². The summed E-state index contributed by atoms with van der Waals surface area (Å²) in [6.45, 7) is 6.90. The van der Waals surface area contributed by atoms with E-state index < -0.39 is 11.4 Å². The largest absolute Gasteiger partial charge is 0.435 e. The number of hydrogen-bond donors (Lipinski definition) is 0. The molecular formula is C18H30N2O4. The molecule has 6 nitrogen and oxygen atoms in total. The molecule has 0 spiro atoms. The predicted octanol–water partition coefficient (Wildman–Crippen LogP) is 4.38. The average molecular weight is 338 g/mol. The van der Waals surface area contributed by atoms with Crippen molar-refractivity contribution >= 4 is 11.9 Å². The average Bonchev–Trinajstić information content (AvgIpc) is 2.50. The molecule has 24 heavy (non-hydrogen) atoms. The van der Waals surface area contributed by atoms with Crippen molar-refractivity contribution in [1.82, 2.24) is 0 Å². The third kappa shape index (κ3) is 4.14. The predicted molar refractivity (Wildman–Crippen MR) is 89.1 cm³/mol. The summed E-state index contributed by atoms with van der Waals surface area (Å²) >= 11 is 0. The molecule has 0 aromatic rings. The maximum atomic E-state index is 11.6. The van der Waals surface area contributed by atoms with Crippen molar-refractivity contribution in [3.8, 4) is 0 Å². The first-order valence-corrected chi connectivity index (χ1v) is 9.13. The summed E-state index contributed by atoms with van der Waals surface area (Å²) in [5.41, 5.74) is -1.84. The zero-order chi connectivity index (χ0) is 17.8. The number of carbonyl (C=O) groups excluding carboxylic acids is 2. The smallest absolute Gasteiger partial charge is 0.304 e. The minimum Gasteiger partial charge on any atom is -0.435 e. The Bertz CT molecular complexity index is 463. The number of carbonyl (C=O) groups is 2. The number of azo groups is 1. The molecule has 0 N–H and O–H groups in total. The maximum absolute atomic E-state index is 11.6. The molecule has 6 heteroatoms. The van der Waals surface area contributed by atoms with E-state index in [9.17, 15) is 9.59 Å². The van der Waals surface area contributed by atoms with Crippen LogP contribution >= 0.6 is 0 Å². The van der Waals surface area contributed by atoms with Gasteiger partial charge < -0.3 is 9.47 Å². The Morgan fingerprint density at radius 1 is 0.792 bits per heavy atom. The van der Waals surface area contributed by atoms with Crippen LogP contribution < -0.4 is 0 Å². The van der Waals surface area contributed by atoms with Gasteiger partial charge in [0.15, 0.2) is 0 Å². The third-order valence-corrected chi connectivity index (χ3v) is 5.41. The Hall–Kier alpha value is -1.46. The zero-order valence-corrected chi connectivity index (χ0v) is 15.3. The standard InChI is InChI=1S/C18H30N2O4/c1-13-9-5-7-11-17(13,23-15(3)21)19-20-18(24-16(4)22)12-8-6-10-14(18)2/h13-14H,5-12H2,1-4H3. The molecule has 4 atom stereocenters. The second-order valence-corrected chi connectivity index (χ2v) is 7.37. The van der Waals surface area contributed by atoms with E-state index >= 15 is 0 Å². The lowest BCUT2D eigenvalue weighted by atomic mass is 9.82. The molecule has 136 valence electrons. The topological polar surface area (TPSA) is 77.3 Å². The van der Waals surface area contributed by atoms with Crippen LogP contribution in [-0.4, -0.2) is 23.4 Å². The van der Waals surface area contributed by atoms with Gasteiger partial charge in [0, 0.05) is 38.5 Å². The Kier molecular flexibility index (Phi) is 5.99. The van der Waals surface area contributed by atoms with Crippen molar-refractivity contribution < 1.29 is 19.1 Å². The van der Waals surface area contributed by atoms with Crippen LogP contribution in [0.1, 0.15) is 79.1 Å². The van der Waals surface area contributed by atoms with Gasteiger partial charge in [-0.15, -0.1) is 10.2 Å². The van der Waals surface area contributed by atoms with Gasteiger partial charge in [0.1, 0.15) is 0 Å². The fourth-order valence-corrected chi connectivity index (χ4v) is 3.91. The molecule has 2 fully saturated rings. The van der Waals surface area contributed by atoms with Gasteiger partial charge in [-0.3, -0.25) is 9.59 Å². The molecule has 2 aliphatic carbocycles. The number of nitrogens with zero attached hydrogens (tertiary/aromatic N) is 2. The molecule has 2 rings (SSSR count). The van der Waals surface area contributed by atoms with Crippen LogP contribution in [0.15, 0.2) is 10.2 Å². The quantitative estimate of drug-likeness (QED) is 0.563. The minimum absolute atomic E-state index is 0.104. The van der Waals surface area contributed by atoms with Gasteiger partial charge in [-0.2, -0.15) is 0 Å². The van der Waals surface area contributed by atoms with Crippen molar-refractivity contribution in [1.29, 1.82) is 0 Å². The highest BCUT2D eigenvalue weighted by Gasteiger charge is 2.46. The van der Waals surface area contributed by atoms with E-state index in [2.05, 4.69) is 10.2 Å². The molecule has 0 heterocycles. The first-order chi connectivity index (χ1) is 11.3. The minimum atomic E-state index is -0.922. The number of esters is 2. The Balaban J connectivity index is 2.32. The molecule has 4 unspecified atom stereocenters. The van der Waals surface area contributed by atoms with Crippen LogP contribution in [-0.2, 0) is 19.1 Å². The summed E-state index contributed by atoms with van der Waals surface area (Å²) in [6, 6.07) is 0. The Labute approximate surface area is 144 Å². The van der Waals surface area contributed by atoms with E-state index in [1.165, 1.54) is 13.8 Å². The van der Waals surface area contributed by atoms with Gasteiger partial charge in [-0.25, -0.2) is 0 Å². The van der Waals surface area contributed by atoms with Gasteiger partial charge >= 0.3 is 11.9 Å². The van der Waals surface area contributed by atoms with Crippen molar-refractivity contribution in [2.24, 2.45) is 22.1 Å². The van der Waals surface area contributed by atoms with Crippen molar-refractivity contribution in [2.75, 3.05) is 0 Å². The lowest BCUT2D eigenvalue weighted by Gasteiger charge is -2.40. The van der Waals surface area contributed by atoms with E-state index in [1.54, 1.807) is 0 Å². The zero-order valence-electron chi connectivity index (χ0n) is 15.3. The third-order valence-electron chi connectivity index (χ3n) is 5.41. The fourth-order valence-electron chi connectivity index (χ4n) is 3.91. The van der Waals surface area contributed by atoms with Crippen molar-refractivity contribution in [2.45, 2.75) is 90.5 Å². The lowest BCUT2D eigenvalue weighted by molar-refractivity contribution is -0.175. The monoisotopic (exact) mass is 338 g/mol. The van der Waals surface area contributed by atoms with Crippen molar-refractivity contribution in [3.63, 3.8) is 0 Å². The normalized spacial score (nSPS) is 37.2. The highest BCUT2D eigenvalue weighted by Crippen LogP contribution is 2.42.